The summed E-state index contributed by atoms with van der Waals surface area (Å²) in [6.45, 7) is 0.784. The first-order chi connectivity index (χ1) is 12.3. The average molecular weight is 332 g/mol. The molecule has 1 heterocycles. The summed E-state index contributed by atoms with van der Waals surface area (Å²) < 4.78 is 0. The molecule has 1 amide bonds. The Labute approximate surface area is 146 Å². The highest BCUT2D eigenvalue weighted by Gasteiger charge is 2.25. The number of aromatic nitrogens is 3. The predicted octanol–water partition coefficient (Wildman–Crippen LogP) is 3.92. The summed E-state index contributed by atoms with van der Waals surface area (Å²) in [5, 5.41) is 6.70. The number of para-hydroxylation sites is 1. The van der Waals surface area contributed by atoms with Crippen LogP contribution in [0.15, 0.2) is 60.9 Å². The fraction of sp³-hybridized carbons (Fsp3) is 0.250. The minimum Gasteiger partial charge on any atom is -0.308 e. The maximum absolute atomic E-state index is 13.1. The largest absolute Gasteiger partial charge is 0.308 e. The van der Waals surface area contributed by atoms with Gasteiger partial charge in [0.1, 0.15) is 6.33 Å². The molecule has 0 radical (unpaired) electrons. The Bertz CT molecular complexity index is 824. The number of anilines is 1. The Morgan fingerprint density at radius 2 is 1.84 bits per heavy atom. The highest BCUT2D eigenvalue weighted by Crippen LogP contribution is 2.30. The standard InChI is InChI=1S/C20H20N4O/c25-20(17-11-9-16(10-12-17)19-21-14-22-23-19)24(13-15-5-4-6-15)18-7-2-1-3-8-18/h1-3,7-12,14-15H,4-6,13H2,(H,21,22,23). The van der Waals surface area contributed by atoms with Gasteiger partial charge in [-0.3, -0.25) is 9.89 Å². The van der Waals surface area contributed by atoms with Crippen LogP contribution in [0, 0.1) is 5.92 Å². The van der Waals surface area contributed by atoms with E-state index in [-0.39, 0.29) is 5.91 Å². The molecule has 2 aromatic carbocycles. The van der Waals surface area contributed by atoms with Crippen molar-refractivity contribution in [1.82, 2.24) is 15.2 Å². The van der Waals surface area contributed by atoms with Crippen LogP contribution in [0.25, 0.3) is 11.4 Å². The van der Waals surface area contributed by atoms with Crippen LogP contribution in [-0.4, -0.2) is 27.6 Å². The molecule has 5 heteroatoms. The number of aromatic amines is 1. The molecule has 1 N–H and O–H groups in total. The number of carbonyl (C=O) groups excluding carboxylic acids is 1. The van der Waals surface area contributed by atoms with E-state index in [4.69, 9.17) is 0 Å². The number of H-pyrrole nitrogens is 1. The zero-order valence-corrected chi connectivity index (χ0v) is 13.9. The van der Waals surface area contributed by atoms with E-state index in [1.165, 1.54) is 25.6 Å². The quantitative estimate of drug-likeness (QED) is 0.770. The summed E-state index contributed by atoms with van der Waals surface area (Å²) >= 11 is 0. The SMILES string of the molecule is O=C(c1ccc(-c2ncn[nH]2)cc1)N(CC1CCC1)c1ccccc1. The number of rotatable bonds is 5. The van der Waals surface area contributed by atoms with Crippen LogP contribution in [-0.2, 0) is 0 Å². The van der Waals surface area contributed by atoms with Gasteiger partial charge in [0.2, 0.25) is 0 Å². The molecule has 1 fully saturated rings. The molecule has 0 unspecified atom stereocenters. The van der Waals surface area contributed by atoms with Gasteiger partial charge in [0, 0.05) is 23.4 Å². The van der Waals surface area contributed by atoms with Crippen molar-refractivity contribution in [2.24, 2.45) is 5.92 Å². The fourth-order valence-electron chi connectivity index (χ4n) is 3.12. The Hall–Kier alpha value is -2.95. The number of nitrogens with one attached hydrogen (secondary N) is 1. The molecular weight excluding hydrogens is 312 g/mol. The van der Waals surface area contributed by atoms with Crippen molar-refractivity contribution in [1.29, 1.82) is 0 Å². The summed E-state index contributed by atoms with van der Waals surface area (Å²) in [5.41, 5.74) is 2.56. The van der Waals surface area contributed by atoms with Gasteiger partial charge in [-0.1, -0.05) is 36.8 Å². The van der Waals surface area contributed by atoms with E-state index in [1.807, 2.05) is 59.5 Å². The number of hydrogen-bond acceptors (Lipinski definition) is 3. The van der Waals surface area contributed by atoms with E-state index in [0.29, 0.717) is 17.3 Å². The molecule has 0 spiro atoms. The molecule has 0 bridgehead atoms. The van der Waals surface area contributed by atoms with Crippen molar-refractivity contribution in [2.75, 3.05) is 11.4 Å². The van der Waals surface area contributed by atoms with Gasteiger partial charge in [-0.25, -0.2) is 4.98 Å². The van der Waals surface area contributed by atoms with Crippen LogP contribution in [0.4, 0.5) is 5.69 Å². The molecule has 1 aliphatic carbocycles. The average Bonchev–Trinajstić information content (AvgIpc) is 3.16. The van der Waals surface area contributed by atoms with E-state index < -0.39 is 0 Å². The minimum absolute atomic E-state index is 0.0437. The normalized spacial score (nSPS) is 14.1. The van der Waals surface area contributed by atoms with Gasteiger partial charge in [-0.15, -0.1) is 0 Å². The molecule has 1 saturated carbocycles. The zero-order chi connectivity index (χ0) is 17.1. The summed E-state index contributed by atoms with van der Waals surface area (Å²) in [6, 6.07) is 17.4. The van der Waals surface area contributed by atoms with E-state index >= 15 is 0 Å². The van der Waals surface area contributed by atoms with E-state index in [1.54, 1.807) is 0 Å². The first-order valence-corrected chi connectivity index (χ1v) is 8.64. The van der Waals surface area contributed by atoms with Crippen molar-refractivity contribution in [2.45, 2.75) is 19.3 Å². The van der Waals surface area contributed by atoms with Crippen molar-refractivity contribution in [3.8, 4) is 11.4 Å². The molecule has 5 nitrogen and oxygen atoms in total. The maximum Gasteiger partial charge on any atom is 0.258 e. The minimum atomic E-state index is 0.0437. The predicted molar refractivity (Wildman–Crippen MR) is 97.3 cm³/mol. The van der Waals surface area contributed by atoms with Gasteiger partial charge in [0.15, 0.2) is 5.82 Å². The fourth-order valence-corrected chi connectivity index (χ4v) is 3.12. The van der Waals surface area contributed by atoms with Gasteiger partial charge in [0.25, 0.3) is 5.91 Å². The highest BCUT2D eigenvalue weighted by molar-refractivity contribution is 6.06. The lowest BCUT2D eigenvalue weighted by atomic mass is 9.85. The number of nitrogens with zero attached hydrogens (tertiary/aromatic N) is 3. The van der Waals surface area contributed by atoms with Gasteiger partial charge >= 0.3 is 0 Å². The third-order valence-corrected chi connectivity index (χ3v) is 4.80. The Kier molecular flexibility index (Phi) is 4.29. The summed E-state index contributed by atoms with van der Waals surface area (Å²) in [4.78, 5) is 19.2. The van der Waals surface area contributed by atoms with Gasteiger partial charge in [-0.2, -0.15) is 5.10 Å². The van der Waals surface area contributed by atoms with Crippen LogP contribution in [0.5, 0.6) is 0 Å². The third kappa shape index (κ3) is 3.31. The van der Waals surface area contributed by atoms with Gasteiger partial charge in [-0.05, 0) is 43.0 Å². The molecule has 0 aliphatic heterocycles. The number of carbonyl (C=O) groups is 1. The molecular formula is C20H20N4O. The molecule has 25 heavy (non-hydrogen) atoms. The van der Waals surface area contributed by atoms with Crippen molar-refractivity contribution < 1.29 is 4.79 Å². The van der Waals surface area contributed by atoms with Crippen LogP contribution in [0.1, 0.15) is 29.6 Å². The molecule has 4 rings (SSSR count). The zero-order valence-electron chi connectivity index (χ0n) is 13.9. The van der Waals surface area contributed by atoms with Crippen LogP contribution in [0.3, 0.4) is 0 Å². The Morgan fingerprint density at radius 3 is 2.44 bits per heavy atom. The Morgan fingerprint density at radius 1 is 1.08 bits per heavy atom. The number of benzene rings is 2. The van der Waals surface area contributed by atoms with Crippen LogP contribution >= 0.6 is 0 Å². The van der Waals surface area contributed by atoms with E-state index in [9.17, 15) is 4.79 Å². The molecule has 1 aromatic heterocycles. The lowest BCUT2D eigenvalue weighted by Crippen LogP contribution is -2.37. The molecule has 0 saturated heterocycles. The van der Waals surface area contributed by atoms with Gasteiger partial charge < -0.3 is 4.90 Å². The first-order valence-electron chi connectivity index (χ1n) is 8.64. The topological polar surface area (TPSA) is 61.9 Å². The third-order valence-electron chi connectivity index (χ3n) is 4.80. The van der Waals surface area contributed by atoms with Crippen molar-refractivity contribution >= 4 is 11.6 Å². The van der Waals surface area contributed by atoms with Crippen LogP contribution in [0.2, 0.25) is 0 Å². The summed E-state index contributed by atoms with van der Waals surface area (Å²) in [5.74, 6) is 1.35. The van der Waals surface area contributed by atoms with E-state index in [2.05, 4.69) is 15.2 Å². The summed E-state index contributed by atoms with van der Waals surface area (Å²) in [6.07, 6.45) is 5.17. The summed E-state index contributed by atoms with van der Waals surface area (Å²) in [7, 11) is 0. The molecule has 126 valence electrons. The van der Waals surface area contributed by atoms with Gasteiger partial charge in [0.05, 0.1) is 0 Å². The first kappa shape index (κ1) is 15.6. The molecule has 1 aliphatic rings. The Balaban J connectivity index is 1.59. The second-order valence-corrected chi connectivity index (χ2v) is 6.46. The monoisotopic (exact) mass is 332 g/mol. The second kappa shape index (κ2) is 6.89. The lowest BCUT2D eigenvalue weighted by molar-refractivity contribution is 0.0977. The highest BCUT2D eigenvalue weighted by atomic mass is 16.2. The molecule has 0 atom stereocenters. The smallest absolute Gasteiger partial charge is 0.258 e. The van der Waals surface area contributed by atoms with Crippen molar-refractivity contribution in [3.05, 3.63) is 66.5 Å². The molecule has 3 aromatic rings. The lowest BCUT2D eigenvalue weighted by Gasteiger charge is -2.32. The van der Waals surface area contributed by atoms with Crippen molar-refractivity contribution in [3.63, 3.8) is 0 Å². The second-order valence-electron chi connectivity index (χ2n) is 6.46. The van der Waals surface area contributed by atoms with E-state index in [0.717, 1.165) is 17.8 Å². The van der Waals surface area contributed by atoms with Crippen LogP contribution < -0.4 is 4.90 Å². The maximum atomic E-state index is 13.1. The number of hydrogen-bond donors (Lipinski definition) is 1. The number of amides is 1.